The molecule has 2 aromatic carbocycles. The summed E-state index contributed by atoms with van der Waals surface area (Å²) in [4.78, 5) is 17.7. The number of carbonyl (C=O) groups is 1. The first-order valence-electron chi connectivity index (χ1n) is 9.74. The van der Waals surface area contributed by atoms with Gasteiger partial charge in [0.1, 0.15) is 5.75 Å². The molecule has 0 bridgehead atoms. The Balaban J connectivity index is 1.56. The molecule has 4 aromatic rings. The third-order valence-electron chi connectivity index (χ3n) is 5.69. The Morgan fingerprint density at radius 1 is 1.00 bits per heavy atom. The third kappa shape index (κ3) is 3.09. The maximum Gasteiger partial charge on any atom is 0.166 e. The molecule has 0 radical (unpaired) electrons. The first-order chi connectivity index (χ1) is 14.1. The summed E-state index contributed by atoms with van der Waals surface area (Å²) in [5.74, 6) is 1.10. The number of rotatable bonds is 3. The van der Waals surface area contributed by atoms with E-state index in [-0.39, 0.29) is 11.7 Å². The molecule has 2 heterocycles. The molecule has 5 rings (SSSR count). The van der Waals surface area contributed by atoms with E-state index in [1.165, 1.54) is 11.1 Å². The lowest BCUT2D eigenvalue weighted by molar-refractivity contribution is 0.0962. The van der Waals surface area contributed by atoms with Gasteiger partial charge in [-0.2, -0.15) is 5.10 Å². The second-order valence-corrected chi connectivity index (χ2v) is 7.60. The van der Waals surface area contributed by atoms with Crippen LogP contribution in [0.5, 0.6) is 5.75 Å². The Morgan fingerprint density at radius 3 is 2.48 bits per heavy atom. The SMILES string of the molecule is COc1ccc(-c2cnn3cc4c(nc23)CC(c2ccc(C)cc2)CC4=O)cc1. The molecule has 0 fully saturated rings. The quantitative estimate of drug-likeness (QED) is 0.518. The molecular formula is C24H21N3O2. The van der Waals surface area contributed by atoms with E-state index in [1.807, 2.05) is 30.5 Å². The second kappa shape index (κ2) is 6.85. The van der Waals surface area contributed by atoms with Crippen LogP contribution >= 0.6 is 0 Å². The van der Waals surface area contributed by atoms with Gasteiger partial charge >= 0.3 is 0 Å². The Bertz CT molecular complexity index is 1210. The minimum absolute atomic E-state index is 0.132. The molecule has 0 spiro atoms. The van der Waals surface area contributed by atoms with Gasteiger partial charge in [-0.1, -0.05) is 42.0 Å². The van der Waals surface area contributed by atoms with E-state index in [4.69, 9.17) is 9.72 Å². The highest BCUT2D eigenvalue weighted by Gasteiger charge is 2.28. The Morgan fingerprint density at radius 2 is 1.76 bits per heavy atom. The van der Waals surface area contributed by atoms with E-state index in [1.54, 1.807) is 17.8 Å². The topological polar surface area (TPSA) is 56.5 Å². The minimum atomic E-state index is 0.132. The molecule has 0 N–H and O–H groups in total. The summed E-state index contributed by atoms with van der Waals surface area (Å²) in [6.07, 6.45) is 4.90. The lowest BCUT2D eigenvalue weighted by Crippen LogP contribution is -2.21. The maximum absolute atomic E-state index is 12.8. The van der Waals surface area contributed by atoms with Crippen LogP contribution in [-0.4, -0.2) is 27.5 Å². The molecule has 2 aromatic heterocycles. The van der Waals surface area contributed by atoms with E-state index < -0.39 is 0 Å². The summed E-state index contributed by atoms with van der Waals surface area (Å²) in [6, 6.07) is 16.3. The fourth-order valence-corrected chi connectivity index (χ4v) is 4.02. The number of carbonyl (C=O) groups excluding carboxylic acids is 1. The fraction of sp³-hybridized carbons (Fsp3) is 0.208. The van der Waals surface area contributed by atoms with Crippen molar-refractivity contribution in [1.82, 2.24) is 14.6 Å². The van der Waals surface area contributed by atoms with Crippen molar-refractivity contribution < 1.29 is 9.53 Å². The van der Waals surface area contributed by atoms with Crippen molar-refractivity contribution in [2.24, 2.45) is 0 Å². The summed E-state index contributed by atoms with van der Waals surface area (Å²) in [5.41, 5.74) is 6.69. The van der Waals surface area contributed by atoms with Crippen LogP contribution in [0.4, 0.5) is 0 Å². The fourth-order valence-electron chi connectivity index (χ4n) is 4.02. The average Bonchev–Trinajstić information content (AvgIpc) is 3.16. The van der Waals surface area contributed by atoms with Gasteiger partial charge in [-0.3, -0.25) is 4.79 Å². The zero-order valence-electron chi connectivity index (χ0n) is 16.4. The van der Waals surface area contributed by atoms with E-state index in [2.05, 4.69) is 36.3 Å². The van der Waals surface area contributed by atoms with Crippen molar-refractivity contribution in [1.29, 1.82) is 0 Å². The van der Waals surface area contributed by atoms with Crippen molar-refractivity contribution >= 4 is 11.4 Å². The van der Waals surface area contributed by atoms with Gasteiger partial charge in [-0.05, 0) is 42.5 Å². The Hall–Kier alpha value is -3.47. The molecule has 5 heteroatoms. The number of hydrogen-bond donors (Lipinski definition) is 0. The molecule has 1 aliphatic rings. The Labute approximate surface area is 169 Å². The summed E-state index contributed by atoms with van der Waals surface area (Å²) in [7, 11) is 1.65. The second-order valence-electron chi connectivity index (χ2n) is 7.60. The third-order valence-corrected chi connectivity index (χ3v) is 5.69. The molecule has 1 atom stereocenters. The predicted octanol–water partition coefficient (Wildman–Crippen LogP) is 4.63. The number of Topliss-reactive ketones (excluding diaryl/α,β-unsaturated/α-hetero) is 1. The number of aromatic nitrogens is 3. The van der Waals surface area contributed by atoms with Gasteiger partial charge in [-0.25, -0.2) is 9.50 Å². The lowest BCUT2D eigenvalue weighted by Gasteiger charge is -2.23. The Kier molecular flexibility index (Phi) is 4.16. The normalized spacial score (nSPS) is 16.1. The van der Waals surface area contributed by atoms with Crippen LogP contribution in [0.3, 0.4) is 0 Å². The molecule has 1 aliphatic carbocycles. The molecule has 5 nitrogen and oxygen atoms in total. The molecule has 0 aliphatic heterocycles. The van der Waals surface area contributed by atoms with E-state index in [9.17, 15) is 4.79 Å². The van der Waals surface area contributed by atoms with Crippen LogP contribution in [0.15, 0.2) is 60.9 Å². The van der Waals surface area contributed by atoms with Gasteiger partial charge in [0.15, 0.2) is 11.4 Å². The van der Waals surface area contributed by atoms with Gasteiger partial charge < -0.3 is 4.74 Å². The summed E-state index contributed by atoms with van der Waals surface area (Å²) >= 11 is 0. The van der Waals surface area contributed by atoms with Crippen LogP contribution in [0, 0.1) is 6.92 Å². The van der Waals surface area contributed by atoms with Gasteiger partial charge in [0, 0.05) is 18.2 Å². The summed E-state index contributed by atoms with van der Waals surface area (Å²) < 4.78 is 6.96. The highest BCUT2D eigenvalue weighted by Crippen LogP contribution is 2.33. The first-order valence-corrected chi connectivity index (χ1v) is 9.74. The van der Waals surface area contributed by atoms with Crippen molar-refractivity contribution in [3.05, 3.63) is 83.3 Å². The van der Waals surface area contributed by atoms with Crippen LogP contribution in [0.25, 0.3) is 16.8 Å². The van der Waals surface area contributed by atoms with Crippen LogP contribution in [0.1, 0.15) is 39.5 Å². The number of hydrogen-bond acceptors (Lipinski definition) is 4. The number of benzene rings is 2. The molecule has 0 saturated carbocycles. The molecule has 1 unspecified atom stereocenters. The van der Waals surface area contributed by atoms with Crippen molar-refractivity contribution in [3.63, 3.8) is 0 Å². The van der Waals surface area contributed by atoms with Crippen molar-refractivity contribution in [2.45, 2.75) is 25.7 Å². The highest BCUT2D eigenvalue weighted by atomic mass is 16.5. The monoisotopic (exact) mass is 383 g/mol. The number of ether oxygens (including phenoxy) is 1. The van der Waals surface area contributed by atoms with Crippen molar-refractivity contribution in [3.8, 4) is 16.9 Å². The summed E-state index contributed by atoms with van der Waals surface area (Å²) in [5, 5.41) is 4.44. The largest absolute Gasteiger partial charge is 0.497 e. The van der Waals surface area contributed by atoms with Crippen LogP contribution < -0.4 is 4.74 Å². The van der Waals surface area contributed by atoms with E-state index in [0.717, 1.165) is 34.6 Å². The standard InChI is InChI=1S/C24H21N3O2/c1-15-3-5-16(6-4-15)18-11-22-21(23(28)12-18)14-27-24(26-22)20(13-25-27)17-7-9-19(29-2)10-8-17/h3-10,13-14,18H,11-12H2,1-2H3. The van der Waals surface area contributed by atoms with Gasteiger partial charge in [-0.15, -0.1) is 0 Å². The van der Waals surface area contributed by atoms with Gasteiger partial charge in [0.2, 0.25) is 0 Å². The van der Waals surface area contributed by atoms with Crippen molar-refractivity contribution in [2.75, 3.05) is 7.11 Å². The molecule has 0 amide bonds. The zero-order chi connectivity index (χ0) is 20.0. The van der Waals surface area contributed by atoms with Crippen LogP contribution in [0.2, 0.25) is 0 Å². The van der Waals surface area contributed by atoms with Gasteiger partial charge in [0.05, 0.1) is 24.6 Å². The number of ketones is 1. The van der Waals surface area contributed by atoms with E-state index >= 15 is 0 Å². The lowest BCUT2D eigenvalue weighted by atomic mass is 9.82. The minimum Gasteiger partial charge on any atom is -0.497 e. The number of nitrogens with zero attached hydrogens (tertiary/aromatic N) is 3. The van der Waals surface area contributed by atoms with Crippen LogP contribution in [-0.2, 0) is 6.42 Å². The summed E-state index contributed by atoms with van der Waals surface area (Å²) in [6.45, 7) is 2.07. The smallest absolute Gasteiger partial charge is 0.166 e. The number of aryl methyl sites for hydroxylation is 1. The number of methoxy groups -OCH3 is 1. The zero-order valence-corrected chi connectivity index (χ0v) is 16.4. The predicted molar refractivity (Wildman–Crippen MR) is 112 cm³/mol. The first kappa shape index (κ1) is 17.6. The van der Waals surface area contributed by atoms with E-state index in [0.29, 0.717) is 12.0 Å². The molecule has 29 heavy (non-hydrogen) atoms. The average molecular weight is 383 g/mol. The molecule has 0 saturated heterocycles. The molecule has 144 valence electrons. The van der Waals surface area contributed by atoms with Gasteiger partial charge in [0.25, 0.3) is 0 Å². The molecular weight excluding hydrogens is 362 g/mol. The highest BCUT2D eigenvalue weighted by molar-refractivity contribution is 5.99. The maximum atomic E-state index is 12.8. The number of fused-ring (bicyclic) bond motifs is 2.